The smallest absolute Gasteiger partial charge is 0.225 e. The van der Waals surface area contributed by atoms with Gasteiger partial charge in [0.25, 0.3) is 0 Å². The van der Waals surface area contributed by atoms with Crippen LogP contribution >= 0.6 is 23.4 Å². The number of hydrogen-bond acceptors (Lipinski definition) is 5. The highest BCUT2D eigenvalue weighted by Crippen LogP contribution is 2.36. The van der Waals surface area contributed by atoms with Crippen LogP contribution in [0.25, 0.3) is 0 Å². The highest BCUT2D eigenvalue weighted by atomic mass is 35.5. The lowest BCUT2D eigenvalue weighted by Crippen LogP contribution is -2.49. The van der Waals surface area contributed by atoms with E-state index >= 15 is 0 Å². The maximum Gasteiger partial charge on any atom is 0.225 e. The molecule has 2 aliphatic rings. The molecular formula is C12H14ClN3OS. The van der Waals surface area contributed by atoms with Gasteiger partial charge in [0.1, 0.15) is 10.8 Å². The van der Waals surface area contributed by atoms with Crippen molar-refractivity contribution in [1.29, 1.82) is 0 Å². The molecule has 2 aliphatic heterocycles. The van der Waals surface area contributed by atoms with Gasteiger partial charge in [-0.25, -0.2) is 9.97 Å². The minimum atomic E-state index is 0.00641. The van der Waals surface area contributed by atoms with E-state index in [2.05, 4.69) is 14.9 Å². The minimum absolute atomic E-state index is 0.00641. The number of piperidine rings is 1. The first-order chi connectivity index (χ1) is 8.70. The van der Waals surface area contributed by atoms with Gasteiger partial charge in [-0.05, 0) is 37.1 Å². The Morgan fingerprint density at radius 1 is 1.39 bits per heavy atom. The van der Waals surface area contributed by atoms with E-state index in [1.54, 1.807) is 0 Å². The van der Waals surface area contributed by atoms with E-state index in [9.17, 15) is 4.79 Å². The van der Waals surface area contributed by atoms with Crippen molar-refractivity contribution in [3.8, 4) is 0 Å². The van der Waals surface area contributed by atoms with Gasteiger partial charge < -0.3 is 4.90 Å². The number of Topliss-reactive ketones (excluding diaryl/α,β-unsaturated/α-hetero) is 1. The van der Waals surface area contributed by atoms with Crippen LogP contribution in [0.1, 0.15) is 24.8 Å². The highest BCUT2D eigenvalue weighted by Gasteiger charge is 2.37. The van der Waals surface area contributed by atoms with Crippen molar-refractivity contribution in [2.75, 3.05) is 17.7 Å². The van der Waals surface area contributed by atoms with Gasteiger partial charge in [-0.1, -0.05) is 0 Å². The summed E-state index contributed by atoms with van der Waals surface area (Å²) in [7, 11) is 0. The normalized spacial score (nSPS) is 22.7. The van der Waals surface area contributed by atoms with Gasteiger partial charge in [0.2, 0.25) is 5.28 Å². The molecule has 3 rings (SSSR count). The monoisotopic (exact) mass is 283 g/mol. The van der Waals surface area contributed by atoms with Crippen molar-refractivity contribution in [3.63, 3.8) is 0 Å². The summed E-state index contributed by atoms with van der Waals surface area (Å²) >= 11 is 7.51. The molecule has 1 fully saturated rings. The van der Waals surface area contributed by atoms with Crippen LogP contribution in [0.5, 0.6) is 0 Å². The molecule has 1 saturated heterocycles. The van der Waals surface area contributed by atoms with E-state index in [-0.39, 0.29) is 11.3 Å². The molecule has 0 bridgehead atoms. The summed E-state index contributed by atoms with van der Waals surface area (Å²) in [5.41, 5.74) is 0.954. The molecular weight excluding hydrogens is 270 g/mol. The Balaban J connectivity index is 2.12. The van der Waals surface area contributed by atoms with Crippen LogP contribution in [0.2, 0.25) is 5.28 Å². The fourth-order valence-electron chi connectivity index (χ4n) is 2.80. The largest absolute Gasteiger partial charge is 0.346 e. The molecule has 18 heavy (non-hydrogen) atoms. The number of carbonyl (C=O) groups is 1. The SMILES string of the molecule is CSc1nc(Cl)nc2c1CC(=O)C1CCCCN21. The summed E-state index contributed by atoms with van der Waals surface area (Å²) in [4.78, 5) is 22.9. The molecule has 96 valence electrons. The summed E-state index contributed by atoms with van der Waals surface area (Å²) in [6.07, 6.45) is 5.57. The van der Waals surface area contributed by atoms with E-state index in [0.29, 0.717) is 12.2 Å². The van der Waals surface area contributed by atoms with Crippen LogP contribution in [0, 0.1) is 0 Å². The molecule has 1 atom stereocenters. The van der Waals surface area contributed by atoms with E-state index in [4.69, 9.17) is 11.6 Å². The number of rotatable bonds is 1. The van der Waals surface area contributed by atoms with Crippen molar-refractivity contribution >= 4 is 35.0 Å². The minimum Gasteiger partial charge on any atom is -0.346 e. The van der Waals surface area contributed by atoms with Gasteiger partial charge in [-0.2, -0.15) is 0 Å². The maximum atomic E-state index is 12.2. The zero-order valence-electron chi connectivity index (χ0n) is 10.1. The van der Waals surface area contributed by atoms with E-state index in [1.807, 2.05) is 6.26 Å². The predicted octanol–water partition coefficient (Wildman–Crippen LogP) is 2.34. The zero-order chi connectivity index (χ0) is 12.7. The van der Waals surface area contributed by atoms with Gasteiger partial charge in [0, 0.05) is 18.5 Å². The summed E-state index contributed by atoms with van der Waals surface area (Å²) in [6.45, 7) is 0.893. The van der Waals surface area contributed by atoms with Gasteiger partial charge >= 0.3 is 0 Å². The number of hydrogen-bond donors (Lipinski definition) is 0. The summed E-state index contributed by atoms with van der Waals surface area (Å²) in [5, 5.41) is 1.11. The second-order valence-corrected chi connectivity index (χ2v) is 5.79. The topological polar surface area (TPSA) is 46.1 Å². The Labute approximate surface area is 115 Å². The number of anilines is 1. The molecule has 0 radical (unpaired) electrons. The van der Waals surface area contributed by atoms with Crippen LogP contribution in [-0.2, 0) is 11.2 Å². The van der Waals surface area contributed by atoms with Crippen LogP contribution in [-0.4, -0.2) is 34.6 Å². The van der Waals surface area contributed by atoms with Crippen LogP contribution in [0.4, 0.5) is 5.82 Å². The van der Waals surface area contributed by atoms with E-state index in [0.717, 1.165) is 42.2 Å². The Morgan fingerprint density at radius 2 is 2.22 bits per heavy atom. The number of nitrogens with zero attached hydrogens (tertiary/aromatic N) is 3. The zero-order valence-corrected chi connectivity index (χ0v) is 11.7. The average Bonchev–Trinajstić information content (AvgIpc) is 2.39. The third-order valence-electron chi connectivity index (χ3n) is 3.61. The van der Waals surface area contributed by atoms with Gasteiger partial charge in [-0.15, -0.1) is 11.8 Å². The summed E-state index contributed by atoms with van der Waals surface area (Å²) < 4.78 is 0. The van der Waals surface area contributed by atoms with Crippen molar-refractivity contribution in [3.05, 3.63) is 10.8 Å². The first-order valence-electron chi connectivity index (χ1n) is 6.10. The van der Waals surface area contributed by atoms with Gasteiger partial charge in [-0.3, -0.25) is 4.79 Å². The summed E-state index contributed by atoms with van der Waals surface area (Å²) in [5.74, 6) is 1.17. The van der Waals surface area contributed by atoms with E-state index < -0.39 is 0 Å². The summed E-state index contributed by atoms with van der Waals surface area (Å²) in [6, 6.07) is 0.00641. The Kier molecular flexibility index (Phi) is 3.20. The fourth-order valence-corrected chi connectivity index (χ4v) is 3.60. The van der Waals surface area contributed by atoms with Crippen molar-refractivity contribution in [2.45, 2.75) is 36.8 Å². The van der Waals surface area contributed by atoms with E-state index in [1.165, 1.54) is 11.8 Å². The third-order valence-corrected chi connectivity index (χ3v) is 4.50. The molecule has 0 aliphatic carbocycles. The lowest BCUT2D eigenvalue weighted by atomic mass is 9.91. The Morgan fingerprint density at radius 3 is 3.00 bits per heavy atom. The number of aromatic nitrogens is 2. The van der Waals surface area contributed by atoms with Crippen LogP contribution < -0.4 is 4.90 Å². The maximum absolute atomic E-state index is 12.2. The molecule has 1 aromatic heterocycles. The quantitative estimate of drug-likeness (QED) is 0.450. The third kappa shape index (κ3) is 1.89. The lowest BCUT2D eigenvalue weighted by molar-refractivity contribution is -0.120. The van der Waals surface area contributed by atoms with Gasteiger partial charge in [0.05, 0.1) is 6.04 Å². The second-order valence-electron chi connectivity index (χ2n) is 4.65. The Hall–Kier alpha value is -0.810. The van der Waals surface area contributed by atoms with Crippen molar-refractivity contribution in [2.24, 2.45) is 0 Å². The molecule has 6 heteroatoms. The number of ketones is 1. The first-order valence-corrected chi connectivity index (χ1v) is 7.70. The molecule has 0 spiro atoms. The van der Waals surface area contributed by atoms with Crippen molar-refractivity contribution < 1.29 is 4.79 Å². The molecule has 1 unspecified atom stereocenters. The number of fused-ring (bicyclic) bond motifs is 3. The molecule has 0 saturated carbocycles. The van der Waals surface area contributed by atoms with Crippen molar-refractivity contribution in [1.82, 2.24) is 9.97 Å². The molecule has 0 N–H and O–H groups in total. The number of carbonyl (C=O) groups excluding carboxylic acids is 1. The standard InChI is InChI=1S/C12H14ClN3OS/c1-18-11-7-6-9(17)8-4-2-3-5-16(8)10(7)14-12(13)15-11/h8H,2-6H2,1H3. The number of halogens is 1. The lowest BCUT2D eigenvalue weighted by Gasteiger charge is -2.40. The average molecular weight is 284 g/mol. The Bertz CT molecular complexity index is 508. The van der Waals surface area contributed by atoms with Gasteiger partial charge in [0.15, 0.2) is 5.78 Å². The molecule has 0 amide bonds. The predicted molar refractivity (Wildman–Crippen MR) is 72.5 cm³/mol. The second kappa shape index (κ2) is 4.70. The highest BCUT2D eigenvalue weighted by molar-refractivity contribution is 7.98. The number of thioether (sulfide) groups is 1. The van der Waals surface area contributed by atoms with Crippen LogP contribution in [0.15, 0.2) is 5.03 Å². The van der Waals surface area contributed by atoms with Crippen LogP contribution in [0.3, 0.4) is 0 Å². The molecule has 1 aromatic rings. The molecule has 4 nitrogen and oxygen atoms in total. The molecule has 3 heterocycles. The molecule has 0 aromatic carbocycles. The fraction of sp³-hybridized carbons (Fsp3) is 0.583. The first kappa shape index (κ1) is 12.2.